The van der Waals surface area contributed by atoms with Crippen LogP contribution in [-0.2, 0) is 9.53 Å². The zero-order valence-electron chi connectivity index (χ0n) is 14.8. The molecular formula is C20H21NO5. The first kappa shape index (κ1) is 17.8. The Kier molecular flexibility index (Phi) is 5.41. The highest BCUT2D eigenvalue weighted by molar-refractivity contribution is 5.92. The van der Waals surface area contributed by atoms with Crippen LogP contribution >= 0.6 is 0 Å². The van der Waals surface area contributed by atoms with Gasteiger partial charge in [0.25, 0.3) is 5.91 Å². The van der Waals surface area contributed by atoms with Crippen molar-refractivity contribution in [3.63, 3.8) is 0 Å². The number of amides is 1. The second kappa shape index (κ2) is 7.91. The van der Waals surface area contributed by atoms with Gasteiger partial charge in [0.1, 0.15) is 12.7 Å². The molecule has 1 heterocycles. The summed E-state index contributed by atoms with van der Waals surface area (Å²) >= 11 is 0. The lowest BCUT2D eigenvalue weighted by Crippen LogP contribution is -2.42. The Bertz CT molecular complexity index is 818. The molecule has 1 N–H and O–H groups in total. The Hall–Kier alpha value is -3.02. The van der Waals surface area contributed by atoms with Gasteiger partial charge in [0.2, 0.25) is 0 Å². The van der Waals surface area contributed by atoms with Crippen LogP contribution in [0.2, 0.25) is 0 Å². The fourth-order valence-electron chi connectivity index (χ4n) is 2.69. The molecule has 0 fully saturated rings. The fraction of sp³-hybridized carbons (Fsp3) is 0.300. The van der Waals surface area contributed by atoms with Gasteiger partial charge in [0.05, 0.1) is 12.1 Å². The fourth-order valence-corrected chi connectivity index (χ4v) is 2.69. The van der Waals surface area contributed by atoms with Crippen LogP contribution in [0.4, 0.5) is 0 Å². The average Bonchev–Trinajstić information content (AvgIpc) is 2.64. The molecule has 2 aromatic carbocycles. The molecule has 0 spiro atoms. The number of carbonyl (C=O) groups is 2. The van der Waals surface area contributed by atoms with Gasteiger partial charge in [-0.2, -0.15) is 0 Å². The number of rotatable bonds is 5. The van der Waals surface area contributed by atoms with Gasteiger partial charge in [-0.3, -0.25) is 4.79 Å². The smallest absolute Gasteiger partial charge is 0.338 e. The number of hydrogen-bond donors (Lipinski definition) is 1. The van der Waals surface area contributed by atoms with E-state index in [1.54, 1.807) is 6.07 Å². The molecule has 0 unspecified atom stereocenters. The lowest BCUT2D eigenvalue weighted by Gasteiger charge is -2.26. The summed E-state index contributed by atoms with van der Waals surface area (Å²) in [5.74, 6) is 0.450. The van der Waals surface area contributed by atoms with Gasteiger partial charge < -0.3 is 19.5 Å². The molecule has 2 aromatic rings. The van der Waals surface area contributed by atoms with Gasteiger partial charge in [-0.15, -0.1) is 0 Å². The number of fused-ring (bicyclic) bond motifs is 1. The number of esters is 1. The standard InChI is InChI=1S/C20H21NO5/c1-13-7-8-16(14(2)9-13)20(23)25-12-19(22)21-10-15-11-24-17-5-3-4-6-18(17)26-15/h3-9,15H,10-12H2,1-2H3,(H,21,22)/t15-/m0/s1. The third-order valence-electron chi connectivity index (χ3n) is 4.03. The van der Waals surface area contributed by atoms with E-state index in [9.17, 15) is 9.59 Å². The van der Waals surface area contributed by atoms with Crippen molar-refractivity contribution in [2.75, 3.05) is 19.8 Å². The Morgan fingerprint density at radius 1 is 1.15 bits per heavy atom. The molecule has 1 atom stereocenters. The second-order valence-electron chi connectivity index (χ2n) is 6.20. The Labute approximate surface area is 152 Å². The summed E-state index contributed by atoms with van der Waals surface area (Å²) in [6.45, 7) is 4.07. The molecule has 6 heteroatoms. The molecule has 0 aromatic heterocycles. The molecule has 0 saturated heterocycles. The second-order valence-corrected chi connectivity index (χ2v) is 6.20. The van der Waals surface area contributed by atoms with Crippen molar-refractivity contribution in [2.24, 2.45) is 0 Å². The van der Waals surface area contributed by atoms with Crippen molar-refractivity contribution < 1.29 is 23.8 Å². The molecule has 136 valence electrons. The molecule has 1 aliphatic rings. The summed E-state index contributed by atoms with van der Waals surface area (Å²) in [5.41, 5.74) is 2.35. The van der Waals surface area contributed by atoms with E-state index in [-0.39, 0.29) is 25.2 Å². The maximum atomic E-state index is 12.1. The lowest BCUT2D eigenvalue weighted by atomic mass is 10.1. The van der Waals surface area contributed by atoms with Crippen LogP contribution in [0.15, 0.2) is 42.5 Å². The van der Waals surface area contributed by atoms with E-state index in [1.807, 2.05) is 50.2 Å². The number of nitrogens with one attached hydrogen (secondary N) is 1. The molecule has 0 aliphatic carbocycles. The van der Waals surface area contributed by atoms with Crippen LogP contribution in [-0.4, -0.2) is 37.7 Å². The third-order valence-corrected chi connectivity index (χ3v) is 4.03. The van der Waals surface area contributed by atoms with E-state index in [0.717, 1.165) is 11.1 Å². The Balaban J connectivity index is 1.44. The van der Waals surface area contributed by atoms with Crippen LogP contribution in [0.5, 0.6) is 11.5 Å². The summed E-state index contributed by atoms with van der Waals surface area (Å²) in [5, 5.41) is 2.69. The maximum absolute atomic E-state index is 12.1. The van der Waals surface area contributed by atoms with E-state index in [2.05, 4.69) is 5.32 Å². The van der Waals surface area contributed by atoms with Crippen LogP contribution in [0.1, 0.15) is 21.5 Å². The van der Waals surface area contributed by atoms with E-state index in [4.69, 9.17) is 14.2 Å². The highest BCUT2D eigenvalue weighted by atomic mass is 16.6. The van der Waals surface area contributed by atoms with Crippen LogP contribution in [0.25, 0.3) is 0 Å². The molecule has 26 heavy (non-hydrogen) atoms. The molecule has 1 amide bonds. The van der Waals surface area contributed by atoms with E-state index < -0.39 is 5.97 Å². The molecule has 1 aliphatic heterocycles. The zero-order chi connectivity index (χ0) is 18.5. The topological polar surface area (TPSA) is 73.9 Å². The van der Waals surface area contributed by atoms with Gasteiger partial charge in [-0.25, -0.2) is 4.79 Å². The van der Waals surface area contributed by atoms with Crippen LogP contribution in [0, 0.1) is 13.8 Å². The summed E-state index contributed by atoms with van der Waals surface area (Å²) in [6.07, 6.45) is -0.288. The summed E-state index contributed by atoms with van der Waals surface area (Å²) in [6, 6.07) is 12.8. The van der Waals surface area contributed by atoms with Gasteiger partial charge in [-0.05, 0) is 37.6 Å². The summed E-state index contributed by atoms with van der Waals surface area (Å²) < 4.78 is 16.4. The first-order valence-corrected chi connectivity index (χ1v) is 8.42. The zero-order valence-corrected chi connectivity index (χ0v) is 14.8. The minimum atomic E-state index is -0.510. The summed E-state index contributed by atoms with van der Waals surface area (Å²) in [4.78, 5) is 24.0. The Morgan fingerprint density at radius 3 is 2.69 bits per heavy atom. The molecular weight excluding hydrogens is 334 g/mol. The lowest BCUT2D eigenvalue weighted by molar-refractivity contribution is -0.124. The molecule has 0 radical (unpaired) electrons. The SMILES string of the molecule is Cc1ccc(C(=O)OCC(=O)NC[C@H]2COc3ccccc3O2)c(C)c1. The monoisotopic (exact) mass is 355 g/mol. The predicted molar refractivity (Wildman–Crippen MR) is 95.6 cm³/mol. The number of ether oxygens (including phenoxy) is 3. The van der Waals surface area contributed by atoms with E-state index >= 15 is 0 Å². The third kappa shape index (κ3) is 4.33. The number of benzene rings is 2. The number of aryl methyl sites for hydroxylation is 2. The quantitative estimate of drug-likeness (QED) is 0.834. The van der Waals surface area contributed by atoms with Crippen molar-refractivity contribution in [3.8, 4) is 11.5 Å². The highest BCUT2D eigenvalue weighted by Gasteiger charge is 2.21. The van der Waals surface area contributed by atoms with E-state index in [0.29, 0.717) is 23.7 Å². The highest BCUT2D eigenvalue weighted by Crippen LogP contribution is 2.30. The van der Waals surface area contributed by atoms with Crippen LogP contribution in [0.3, 0.4) is 0 Å². The number of para-hydroxylation sites is 2. The van der Waals surface area contributed by atoms with Crippen molar-refractivity contribution in [2.45, 2.75) is 20.0 Å². The normalized spacial score (nSPS) is 15.2. The minimum Gasteiger partial charge on any atom is -0.486 e. The molecule has 0 bridgehead atoms. The maximum Gasteiger partial charge on any atom is 0.338 e. The Morgan fingerprint density at radius 2 is 1.92 bits per heavy atom. The van der Waals surface area contributed by atoms with Crippen molar-refractivity contribution in [1.82, 2.24) is 5.32 Å². The molecule has 6 nitrogen and oxygen atoms in total. The molecule has 3 rings (SSSR count). The first-order chi connectivity index (χ1) is 12.5. The minimum absolute atomic E-state index is 0.272. The molecule has 0 saturated carbocycles. The van der Waals surface area contributed by atoms with Gasteiger partial charge >= 0.3 is 5.97 Å². The largest absolute Gasteiger partial charge is 0.486 e. The summed E-state index contributed by atoms with van der Waals surface area (Å²) in [7, 11) is 0. The number of carbonyl (C=O) groups excluding carboxylic acids is 2. The average molecular weight is 355 g/mol. The van der Waals surface area contributed by atoms with Crippen molar-refractivity contribution >= 4 is 11.9 Å². The van der Waals surface area contributed by atoms with Gasteiger partial charge in [0, 0.05) is 0 Å². The first-order valence-electron chi connectivity index (χ1n) is 8.42. The van der Waals surface area contributed by atoms with E-state index in [1.165, 1.54) is 0 Å². The van der Waals surface area contributed by atoms with Crippen molar-refractivity contribution in [1.29, 1.82) is 0 Å². The van der Waals surface area contributed by atoms with Gasteiger partial charge in [-0.1, -0.05) is 29.8 Å². The number of hydrogen-bond acceptors (Lipinski definition) is 5. The predicted octanol–water partition coefficient (Wildman–Crippen LogP) is 2.42. The van der Waals surface area contributed by atoms with Gasteiger partial charge in [0.15, 0.2) is 18.1 Å². The van der Waals surface area contributed by atoms with Crippen LogP contribution < -0.4 is 14.8 Å². The van der Waals surface area contributed by atoms with Crippen molar-refractivity contribution in [3.05, 3.63) is 59.2 Å².